The van der Waals surface area contributed by atoms with Gasteiger partial charge in [0.2, 0.25) is 0 Å². The number of halogens is 1. The van der Waals surface area contributed by atoms with Crippen molar-refractivity contribution >= 4 is 17.3 Å². The van der Waals surface area contributed by atoms with Crippen molar-refractivity contribution in [2.75, 3.05) is 5.32 Å². The zero-order chi connectivity index (χ0) is 12.3. The lowest BCUT2D eigenvalue weighted by Gasteiger charge is -2.15. The molecule has 3 nitrogen and oxygen atoms in total. The van der Waals surface area contributed by atoms with Gasteiger partial charge >= 0.3 is 0 Å². The van der Waals surface area contributed by atoms with Gasteiger partial charge in [-0.3, -0.25) is 0 Å². The number of phenols is 1. The van der Waals surface area contributed by atoms with Crippen molar-refractivity contribution in [3.8, 4) is 5.75 Å². The summed E-state index contributed by atoms with van der Waals surface area (Å²) < 4.78 is 0. The zero-order valence-corrected chi connectivity index (χ0v) is 10.1. The van der Waals surface area contributed by atoms with Gasteiger partial charge in [0.1, 0.15) is 10.9 Å². The Labute approximate surface area is 105 Å². The molecule has 0 saturated heterocycles. The van der Waals surface area contributed by atoms with E-state index in [9.17, 15) is 5.11 Å². The van der Waals surface area contributed by atoms with Crippen LogP contribution in [0.3, 0.4) is 0 Å². The average molecular weight is 249 g/mol. The molecule has 17 heavy (non-hydrogen) atoms. The molecule has 4 heteroatoms. The van der Waals surface area contributed by atoms with Crippen LogP contribution in [0.5, 0.6) is 5.75 Å². The smallest absolute Gasteiger partial charge is 0.131 e. The predicted octanol–water partition coefficient (Wildman–Crippen LogP) is 3.61. The van der Waals surface area contributed by atoms with Crippen LogP contribution in [0.1, 0.15) is 18.5 Å². The number of anilines is 1. The molecule has 0 saturated carbocycles. The first-order chi connectivity index (χ1) is 8.15. The van der Waals surface area contributed by atoms with E-state index >= 15 is 0 Å². The molecule has 0 fully saturated rings. The standard InChI is InChI=1S/C13H13ClN2O/c1-9(10-2-4-12(17)5-3-10)16-11-6-7-15-13(14)8-11/h2-9,17H,1H3,(H,15,16). The monoisotopic (exact) mass is 248 g/mol. The molecule has 1 heterocycles. The molecule has 88 valence electrons. The number of nitrogens with one attached hydrogen (secondary N) is 1. The van der Waals surface area contributed by atoms with E-state index in [-0.39, 0.29) is 11.8 Å². The van der Waals surface area contributed by atoms with E-state index in [1.807, 2.05) is 25.1 Å². The highest BCUT2D eigenvalue weighted by atomic mass is 35.5. The van der Waals surface area contributed by atoms with Crippen LogP contribution in [-0.2, 0) is 0 Å². The van der Waals surface area contributed by atoms with E-state index in [0.717, 1.165) is 11.3 Å². The number of nitrogens with zero attached hydrogens (tertiary/aromatic N) is 1. The maximum Gasteiger partial charge on any atom is 0.131 e. The van der Waals surface area contributed by atoms with Gasteiger partial charge in [0.05, 0.1) is 0 Å². The van der Waals surface area contributed by atoms with Gasteiger partial charge in [-0.15, -0.1) is 0 Å². The maximum absolute atomic E-state index is 9.22. The van der Waals surface area contributed by atoms with E-state index in [4.69, 9.17) is 11.6 Å². The van der Waals surface area contributed by atoms with Crippen LogP contribution in [0, 0.1) is 0 Å². The Hall–Kier alpha value is -1.74. The lowest BCUT2D eigenvalue weighted by atomic mass is 10.1. The van der Waals surface area contributed by atoms with Crippen molar-refractivity contribution in [3.63, 3.8) is 0 Å². The number of aromatic nitrogens is 1. The van der Waals surface area contributed by atoms with E-state index in [2.05, 4.69) is 10.3 Å². The van der Waals surface area contributed by atoms with Crippen molar-refractivity contribution < 1.29 is 5.11 Å². The summed E-state index contributed by atoms with van der Waals surface area (Å²) in [6.45, 7) is 2.04. The van der Waals surface area contributed by atoms with E-state index in [1.165, 1.54) is 0 Å². The minimum Gasteiger partial charge on any atom is -0.508 e. The second-order valence-corrected chi connectivity index (χ2v) is 4.21. The second kappa shape index (κ2) is 5.06. The van der Waals surface area contributed by atoms with Crippen LogP contribution in [0.15, 0.2) is 42.6 Å². The number of hydrogen-bond donors (Lipinski definition) is 2. The fourth-order valence-electron chi connectivity index (χ4n) is 1.59. The highest BCUT2D eigenvalue weighted by Gasteiger charge is 2.05. The van der Waals surface area contributed by atoms with Crippen LogP contribution in [0.2, 0.25) is 5.15 Å². The van der Waals surface area contributed by atoms with Gasteiger partial charge in [-0.1, -0.05) is 23.7 Å². The first-order valence-corrected chi connectivity index (χ1v) is 5.70. The van der Waals surface area contributed by atoms with Crippen LogP contribution < -0.4 is 5.32 Å². The Morgan fingerprint density at radius 3 is 2.59 bits per heavy atom. The van der Waals surface area contributed by atoms with Crippen molar-refractivity contribution in [1.29, 1.82) is 0 Å². The van der Waals surface area contributed by atoms with E-state index in [1.54, 1.807) is 24.4 Å². The molecular weight excluding hydrogens is 236 g/mol. The lowest BCUT2D eigenvalue weighted by Crippen LogP contribution is -2.06. The SMILES string of the molecule is CC(Nc1ccnc(Cl)c1)c1ccc(O)cc1. The Balaban J connectivity index is 2.11. The zero-order valence-electron chi connectivity index (χ0n) is 9.39. The Kier molecular flexibility index (Phi) is 3.49. The van der Waals surface area contributed by atoms with Crippen LogP contribution in [0.4, 0.5) is 5.69 Å². The number of benzene rings is 1. The van der Waals surface area contributed by atoms with Gasteiger partial charge in [0, 0.05) is 17.9 Å². The molecular formula is C13H13ClN2O. The molecule has 0 aliphatic heterocycles. The van der Waals surface area contributed by atoms with Crippen LogP contribution in [-0.4, -0.2) is 10.1 Å². The average Bonchev–Trinajstić information content (AvgIpc) is 2.29. The molecule has 2 rings (SSSR count). The van der Waals surface area contributed by atoms with Gasteiger partial charge in [-0.05, 0) is 36.8 Å². The minimum absolute atomic E-state index is 0.133. The topological polar surface area (TPSA) is 45.2 Å². The molecule has 1 atom stereocenters. The fourth-order valence-corrected chi connectivity index (χ4v) is 1.76. The quantitative estimate of drug-likeness (QED) is 0.816. The van der Waals surface area contributed by atoms with Gasteiger partial charge in [0.25, 0.3) is 0 Å². The fraction of sp³-hybridized carbons (Fsp3) is 0.154. The summed E-state index contributed by atoms with van der Waals surface area (Å²) in [5, 5.41) is 13.0. The van der Waals surface area contributed by atoms with Crippen molar-refractivity contribution in [2.45, 2.75) is 13.0 Å². The minimum atomic E-state index is 0.133. The van der Waals surface area contributed by atoms with Gasteiger partial charge in [-0.25, -0.2) is 4.98 Å². The number of hydrogen-bond acceptors (Lipinski definition) is 3. The molecule has 2 aromatic rings. The molecule has 0 amide bonds. The molecule has 0 spiro atoms. The number of rotatable bonds is 3. The molecule has 0 aliphatic carbocycles. The molecule has 1 aromatic heterocycles. The third kappa shape index (κ3) is 3.11. The number of phenolic OH excluding ortho intramolecular Hbond substituents is 1. The molecule has 1 unspecified atom stereocenters. The summed E-state index contributed by atoms with van der Waals surface area (Å²) in [6.07, 6.45) is 1.66. The Morgan fingerprint density at radius 2 is 1.94 bits per heavy atom. The molecule has 0 bridgehead atoms. The highest BCUT2D eigenvalue weighted by molar-refractivity contribution is 6.29. The molecule has 1 aromatic carbocycles. The third-order valence-corrected chi connectivity index (χ3v) is 2.71. The second-order valence-electron chi connectivity index (χ2n) is 3.82. The van der Waals surface area contributed by atoms with Gasteiger partial charge in [0.15, 0.2) is 0 Å². The first kappa shape index (κ1) is 11.7. The first-order valence-electron chi connectivity index (χ1n) is 5.32. The van der Waals surface area contributed by atoms with Gasteiger partial charge < -0.3 is 10.4 Å². The predicted molar refractivity (Wildman–Crippen MR) is 69.4 cm³/mol. The van der Waals surface area contributed by atoms with Crippen LogP contribution in [0.25, 0.3) is 0 Å². The molecule has 0 radical (unpaired) electrons. The Bertz CT molecular complexity index is 499. The van der Waals surface area contributed by atoms with Gasteiger partial charge in [-0.2, -0.15) is 0 Å². The van der Waals surface area contributed by atoms with E-state index < -0.39 is 0 Å². The molecule has 2 N–H and O–H groups in total. The summed E-state index contributed by atoms with van der Waals surface area (Å²) in [5.74, 6) is 0.271. The summed E-state index contributed by atoms with van der Waals surface area (Å²) in [4.78, 5) is 3.92. The van der Waals surface area contributed by atoms with Crippen LogP contribution >= 0.6 is 11.6 Å². The van der Waals surface area contributed by atoms with E-state index in [0.29, 0.717) is 5.15 Å². The number of aromatic hydroxyl groups is 1. The highest BCUT2D eigenvalue weighted by Crippen LogP contribution is 2.22. The summed E-state index contributed by atoms with van der Waals surface area (Å²) >= 11 is 5.81. The van der Waals surface area contributed by atoms with Crippen molar-refractivity contribution in [1.82, 2.24) is 4.98 Å². The summed E-state index contributed by atoms with van der Waals surface area (Å²) in [6, 6.07) is 10.9. The third-order valence-electron chi connectivity index (χ3n) is 2.50. The normalized spacial score (nSPS) is 12.1. The summed E-state index contributed by atoms with van der Waals surface area (Å²) in [5.41, 5.74) is 2.02. The number of pyridine rings is 1. The Morgan fingerprint density at radius 1 is 1.24 bits per heavy atom. The largest absolute Gasteiger partial charge is 0.508 e. The summed E-state index contributed by atoms with van der Waals surface area (Å²) in [7, 11) is 0. The molecule has 0 aliphatic rings. The maximum atomic E-state index is 9.22. The van der Waals surface area contributed by atoms with Crippen molar-refractivity contribution in [2.24, 2.45) is 0 Å². The van der Waals surface area contributed by atoms with Crippen molar-refractivity contribution in [3.05, 3.63) is 53.3 Å². The lowest BCUT2D eigenvalue weighted by molar-refractivity contribution is 0.475.